The lowest BCUT2D eigenvalue weighted by Gasteiger charge is -2.21. The minimum absolute atomic E-state index is 0.125. The van der Waals surface area contributed by atoms with Crippen molar-refractivity contribution in [3.05, 3.63) is 42.5 Å². The molecule has 1 saturated carbocycles. The molecule has 0 saturated heterocycles. The summed E-state index contributed by atoms with van der Waals surface area (Å²) in [5.41, 5.74) is 2.20. The largest absolute Gasteiger partial charge is 0.471 e. The molecule has 27 heavy (non-hydrogen) atoms. The van der Waals surface area contributed by atoms with Gasteiger partial charge in [-0.25, -0.2) is 0 Å². The molecule has 0 bridgehead atoms. The summed E-state index contributed by atoms with van der Waals surface area (Å²) in [6, 6.07) is 7.01. The molecule has 3 aromatic heterocycles. The predicted molar refractivity (Wildman–Crippen MR) is 91.8 cm³/mol. The number of pyridine rings is 2. The molecule has 1 aliphatic rings. The Morgan fingerprint density at radius 3 is 2.63 bits per heavy atom. The second-order valence-corrected chi connectivity index (χ2v) is 6.55. The number of rotatable bonds is 5. The van der Waals surface area contributed by atoms with E-state index in [1.165, 1.54) is 0 Å². The highest BCUT2D eigenvalue weighted by molar-refractivity contribution is 5.77. The molecule has 0 aliphatic heterocycles. The molecule has 0 amide bonds. The molecular formula is C18H16F3N5O. The van der Waals surface area contributed by atoms with Crippen LogP contribution in [0.3, 0.4) is 0 Å². The maximum absolute atomic E-state index is 12.9. The fourth-order valence-corrected chi connectivity index (χ4v) is 2.82. The van der Waals surface area contributed by atoms with Gasteiger partial charge in [0, 0.05) is 25.4 Å². The van der Waals surface area contributed by atoms with E-state index in [9.17, 15) is 13.2 Å². The Morgan fingerprint density at radius 2 is 2.00 bits per heavy atom. The van der Waals surface area contributed by atoms with Crippen molar-refractivity contribution in [2.24, 2.45) is 5.92 Å². The first kappa shape index (κ1) is 17.4. The van der Waals surface area contributed by atoms with Gasteiger partial charge in [-0.1, -0.05) is 11.2 Å². The summed E-state index contributed by atoms with van der Waals surface area (Å²) in [5, 5.41) is 3.54. The molecule has 0 spiro atoms. The number of hydrogen-bond acceptors (Lipinski definition) is 6. The van der Waals surface area contributed by atoms with Crippen molar-refractivity contribution in [2.75, 3.05) is 18.5 Å². The molecule has 4 rings (SSSR count). The summed E-state index contributed by atoms with van der Waals surface area (Å²) in [7, 11) is 1.88. The van der Waals surface area contributed by atoms with Crippen molar-refractivity contribution in [2.45, 2.75) is 19.0 Å². The second-order valence-electron chi connectivity index (χ2n) is 6.55. The number of hydrogen-bond donors (Lipinski definition) is 0. The van der Waals surface area contributed by atoms with Gasteiger partial charge < -0.3 is 9.42 Å². The Bertz CT molecular complexity index is 938. The van der Waals surface area contributed by atoms with Gasteiger partial charge in [0.05, 0.1) is 23.3 Å². The predicted octanol–water partition coefficient (Wildman–Crippen LogP) is 4.06. The first-order chi connectivity index (χ1) is 12.9. The van der Waals surface area contributed by atoms with Gasteiger partial charge in [-0.2, -0.15) is 18.2 Å². The van der Waals surface area contributed by atoms with Gasteiger partial charge in [0.15, 0.2) is 0 Å². The van der Waals surface area contributed by atoms with Crippen LogP contribution in [0.25, 0.3) is 22.8 Å². The first-order valence-corrected chi connectivity index (χ1v) is 8.45. The Labute approximate surface area is 153 Å². The fraction of sp³-hybridized carbons (Fsp3) is 0.333. The van der Waals surface area contributed by atoms with E-state index in [4.69, 9.17) is 0 Å². The van der Waals surface area contributed by atoms with Crippen molar-refractivity contribution in [1.29, 1.82) is 0 Å². The number of anilines is 1. The van der Waals surface area contributed by atoms with Crippen LogP contribution >= 0.6 is 0 Å². The van der Waals surface area contributed by atoms with E-state index < -0.39 is 12.1 Å². The molecule has 0 aromatic carbocycles. The average Bonchev–Trinajstić information content (AvgIpc) is 3.32. The van der Waals surface area contributed by atoms with E-state index in [0.717, 1.165) is 19.4 Å². The summed E-state index contributed by atoms with van der Waals surface area (Å²) >= 11 is 0. The van der Waals surface area contributed by atoms with Crippen molar-refractivity contribution in [3.8, 4) is 22.8 Å². The lowest BCUT2D eigenvalue weighted by Crippen LogP contribution is -2.21. The number of halogens is 3. The van der Waals surface area contributed by atoms with Crippen LogP contribution < -0.4 is 4.90 Å². The first-order valence-electron chi connectivity index (χ1n) is 8.45. The number of alkyl halides is 3. The highest BCUT2D eigenvalue weighted by atomic mass is 19.4. The molecule has 1 aliphatic carbocycles. The third-order valence-corrected chi connectivity index (χ3v) is 4.36. The topological polar surface area (TPSA) is 67.9 Å². The highest BCUT2D eigenvalue weighted by Gasteiger charge is 2.39. The van der Waals surface area contributed by atoms with Crippen molar-refractivity contribution < 1.29 is 17.7 Å². The smallest absolute Gasteiger partial charge is 0.372 e. The van der Waals surface area contributed by atoms with E-state index in [1.54, 1.807) is 30.6 Å². The van der Waals surface area contributed by atoms with Crippen LogP contribution in [0, 0.1) is 5.92 Å². The molecule has 3 heterocycles. The Hall–Kier alpha value is -2.97. The van der Waals surface area contributed by atoms with Gasteiger partial charge in [-0.15, -0.1) is 0 Å². The molecule has 0 N–H and O–H groups in total. The molecule has 6 nitrogen and oxygen atoms in total. The quantitative estimate of drug-likeness (QED) is 0.670. The molecule has 3 aromatic rings. The molecule has 140 valence electrons. The van der Waals surface area contributed by atoms with Gasteiger partial charge in [0.25, 0.3) is 0 Å². The van der Waals surface area contributed by atoms with Crippen LogP contribution in [0.2, 0.25) is 0 Å². The van der Waals surface area contributed by atoms with E-state index >= 15 is 0 Å². The van der Waals surface area contributed by atoms with E-state index in [0.29, 0.717) is 28.6 Å². The van der Waals surface area contributed by atoms with E-state index in [1.807, 2.05) is 18.0 Å². The van der Waals surface area contributed by atoms with Gasteiger partial charge in [-0.3, -0.25) is 9.97 Å². The average molecular weight is 375 g/mol. The Kier molecular flexibility index (Phi) is 4.29. The van der Waals surface area contributed by atoms with Crippen LogP contribution in [0.4, 0.5) is 18.9 Å². The SMILES string of the molecule is CN(CC1CC1)c1cnc(-c2ccccn2)cc1-c1noc(C(F)(F)F)n1. The van der Waals surface area contributed by atoms with Gasteiger partial charge >= 0.3 is 12.1 Å². The molecule has 0 unspecified atom stereocenters. The highest BCUT2D eigenvalue weighted by Crippen LogP contribution is 2.36. The molecule has 0 radical (unpaired) electrons. The zero-order valence-corrected chi connectivity index (χ0v) is 14.4. The van der Waals surface area contributed by atoms with Gasteiger partial charge in [0.2, 0.25) is 5.82 Å². The Balaban J connectivity index is 1.78. The van der Waals surface area contributed by atoms with Crippen LogP contribution in [0.1, 0.15) is 18.7 Å². The monoisotopic (exact) mass is 375 g/mol. The number of aromatic nitrogens is 4. The van der Waals surface area contributed by atoms with E-state index in [2.05, 4.69) is 24.6 Å². The molecule has 1 fully saturated rings. The minimum Gasteiger partial charge on any atom is -0.372 e. The maximum atomic E-state index is 12.9. The van der Waals surface area contributed by atoms with Gasteiger partial charge in [-0.05, 0) is 37.0 Å². The standard InChI is InChI=1S/C18H16F3N5O/c1-26(10-11-5-6-11)15-9-23-14(13-4-2-3-7-22-13)8-12(15)16-24-17(27-25-16)18(19,20)21/h2-4,7-9,11H,5-6,10H2,1H3. The summed E-state index contributed by atoms with van der Waals surface area (Å²) in [5.74, 6) is -0.904. The van der Waals surface area contributed by atoms with Crippen LogP contribution in [0.5, 0.6) is 0 Å². The third-order valence-electron chi connectivity index (χ3n) is 4.36. The molecule has 9 heteroatoms. The van der Waals surface area contributed by atoms with Crippen molar-refractivity contribution >= 4 is 5.69 Å². The van der Waals surface area contributed by atoms with Crippen molar-refractivity contribution in [3.63, 3.8) is 0 Å². The fourth-order valence-electron chi connectivity index (χ4n) is 2.82. The minimum atomic E-state index is -4.69. The van der Waals surface area contributed by atoms with E-state index in [-0.39, 0.29) is 5.82 Å². The number of nitrogens with zero attached hydrogens (tertiary/aromatic N) is 5. The van der Waals surface area contributed by atoms with Crippen LogP contribution in [0.15, 0.2) is 41.2 Å². The third kappa shape index (κ3) is 3.76. The summed E-state index contributed by atoms with van der Waals surface area (Å²) in [4.78, 5) is 14.2. The van der Waals surface area contributed by atoms with Crippen molar-refractivity contribution in [1.82, 2.24) is 20.1 Å². The lowest BCUT2D eigenvalue weighted by molar-refractivity contribution is -0.159. The zero-order chi connectivity index (χ0) is 19.0. The van der Waals surface area contributed by atoms with Gasteiger partial charge in [0.1, 0.15) is 0 Å². The summed E-state index contributed by atoms with van der Waals surface area (Å²) in [6.45, 7) is 0.793. The Morgan fingerprint density at radius 1 is 1.19 bits per heavy atom. The van der Waals surface area contributed by atoms with Crippen LogP contribution in [-0.2, 0) is 6.18 Å². The zero-order valence-electron chi connectivity index (χ0n) is 14.4. The maximum Gasteiger partial charge on any atom is 0.471 e. The summed E-state index contributed by atoms with van der Waals surface area (Å²) < 4.78 is 43.0. The normalized spacial score (nSPS) is 14.4. The summed E-state index contributed by atoms with van der Waals surface area (Å²) in [6.07, 6.45) is 0.854. The second kappa shape index (κ2) is 6.64. The van der Waals surface area contributed by atoms with Crippen LogP contribution in [-0.4, -0.2) is 33.7 Å². The molecule has 0 atom stereocenters. The lowest BCUT2D eigenvalue weighted by atomic mass is 10.1. The molecular weight excluding hydrogens is 359 g/mol.